The highest BCUT2D eigenvalue weighted by molar-refractivity contribution is 14.0. The molecule has 2 N–H and O–H groups in total. The normalized spacial score (nSPS) is 20.5. The van der Waals surface area contributed by atoms with Crippen molar-refractivity contribution in [3.05, 3.63) is 23.8 Å². The lowest BCUT2D eigenvalue weighted by molar-refractivity contribution is 0.174. The number of nitrogens with zero attached hydrogens (tertiary/aromatic N) is 1. The number of halogens is 1. The van der Waals surface area contributed by atoms with Crippen LogP contribution in [0.4, 0.5) is 0 Å². The van der Waals surface area contributed by atoms with Crippen LogP contribution in [0.25, 0.3) is 0 Å². The SMILES string of the molecule is CCNC(=NCC1CCS(=O)(=O)C1)NCCc1ccc2c(c1)OCO2.I. The number of hydrogen-bond acceptors (Lipinski definition) is 5. The molecule has 2 heterocycles. The van der Waals surface area contributed by atoms with E-state index in [-0.39, 0.29) is 42.4 Å². The van der Waals surface area contributed by atoms with E-state index in [2.05, 4.69) is 15.6 Å². The molecule has 0 aliphatic carbocycles. The van der Waals surface area contributed by atoms with Gasteiger partial charge in [0.05, 0.1) is 11.5 Å². The Labute approximate surface area is 171 Å². The molecule has 0 aromatic heterocycles. The largest absolute Gasteiger partial charge is 0.454 e. The molecule has 26 heavy (non-hydrogen) atoms. The Hall–Kier alpha value is -1.23. The molecular weight excluding hydrogens is 469 g/mol. The fourth-order valence-electron chi connectivity index (χ4n) is 3.00. The Balaban J connectivity index is 0.00000243. The summed E-state index contributed by atoms with van der Waals surface area (Å²) in [6.45, 7) is 4.33. The first kappa shape index (κ1) is 21.1. The lowest BCUT2D eigenvalue weighted by Crippen LogP contribution is -2.38. The minimum atomic E-state index is -2.85. The molecule has 0 bridgehead atoms. The highest BCUT2D eigenvalue weighted by Gasteiger charge is 2.27. The Morgan fingerprint density at radius 1 is 1.27 bits per heavy atom. The van der Waals surface area contributed by atoms with Gasteiger partial charge in [-0.25, -0.2) is 8.42 Å². The maximum atomic E-state index is 11.5. The van der Waals surface area contributed by atoms with E-state index in [1.807, 2.05) is 25.1 Å². The van der Waals surface area contributed by atoms with Crippen molar-refractivity contribution < 1.29 is 17.9 Å². The first-order valence-electron chi connectivity index (χ1n) is 8.67. The van der Waals surface area contributed by atoms with Crippen LogP contribution in [0.15, 0.2) is 23.2 Å². The molecule has 3 rings (SSSR count). The van der Waals surface area contributed by atoms with Crippen molar-refractivity contribution in [1.29, 1.82) is 0 Å². The lowest BCUT2D eigenvalue weighted by atomic mass is 10.1. The summed E-state index contributed by atoms with van der Waals surface area (Å²) in [5.41, 5.74) is 1.16. The van der Waals surface area contributed by atoms with Gasteiger partial charge in [0.1, 0.15) is 0 Å². The monoisotopic (exact) mass is 495 g/mol. The minimum Gasteiger partial charge on any atom is -0.454 e. The quantitative estimate of drug-likeness (QED) is 0.354. The van der Waals surface area contributed by atoms with Crippen LogP contribution < -0.4 is 20.1 Å². The molecule has 2 aliphatic rings. The van der Waals surface area contributed by atoms with E-state index in [0.29, 0.717) is 18.7 Å². The van der Waals surface area contributed by atoms with Gasteiger partial charge in [0, 0.05) is 19.6 Å². The van der Waals surface area contributed by atoms with Crippen molar-refractivity contribution in [3.8, 4) is 11.5 Å². The fraction of sp³-hybridized carbons (Fsp3) is 0.588. The predicted molar refractivity (Wildman–Crippen MR) is 112 cm³/mol. The summed E-state index contributed by atoms with van der Waals surface area (Å²) in [6.07, 6.45) is 1.54. The molecule has 0 amide bonds. The maximum Gasteiger partial charge on any atom is 0.231 e. The van der Waals surface area contributed by atoms with Crippen LogP contribution in [-0.2, 0) is 16.3 Å². The molecule has 2 aliphatic heterocycles. The number of hydrogen-bond donors (Lipinski definition) is 2. The van der Waals surface area contributed by atoms with Crippen LogP contribution in [0.3, 0.4) is 0 Å². The number of fused-ring (bicyclic) bond motifs is 1. The average Bonchev–Trinajstić information content (AvgIpc) is 3.18. The molecule has 1 aromatic rings. The predicted octanol–water partition coefficient (Wildman–Crippen LogP) is 1.57. The first-order valence-corrected chi connectivity index (χ1v) is 10.5. The van der Waals surface area contributed by atoms with Crippen molar-refractivity contribution in [2.75, 3.05) is 37.9 Å². The number of guanidine groups is 1. The van der Waals surface area contributed by atoms with Crippen molar-refractivity contribution in [3.63, 3.8) is 0 Å². The van der Waals surface area contributed by atoms with Gasteiger partial charge in [-0.1, -0.05) is 6.07 Å². The summed E-state index contributed by atoms with van der Waals surface area (Å²) >= 11 is 0. The van der Waals surface area contributed by atoms with Crippen LogP contribution in [-0.4, -0.2) is 52.3 Å². The van der Waals surface area contributed by atoms with Gasteiger partial charge in [0.25, 0.3) is 0 Å². The molecule has 1 fully saturated rings. The summed E-state index contributed by atoms with van der Waals surface area (Å²) in [7, 11) is -2.85. The van der Waals surface area contributed by atoms with Gasteiger partial charge in [-0.3, -0.25) is 4.99 Å². The molecule has 9 heteroatoms. The van der Waals surface area contributed by atoms with Gasteiger partial charge < -0.3 is 20.1 Å². The molecule has 1 unspecified atom stereocenters. The molecule has 0 spiro atoms. The van der Waals surface area contributed by atoms with E-state index in [4.69, 9.17) is 9.47 Å². The molecule has 1 atom stereocenters. The van der Waals surface area contributed by atoms with E-state index < -0.39 is 9.84 Å². The number of rotatable bonds is 6. The first-order chi connectivity index (χ1) is 12.1. The second-order valence-corrected chi connectivity index (χ2v) is 8.58. The number of sulfone groups is 1. The molecule has 1 aromatic carbocycles. The Bertz CT molecular complexity index is 740. The Kier molecular flexibility index (Phi) is 7.81. The Morgan fingerprint density at radius 3 is 2.81 bits per heavy atom. The average molecular weight is 495 g/mol. The summed E-state index contributed by atoms with van der Waals surface area (Å²) in [5.74, 6) is 2.99. The summed E-state index contributed by atoms with van der Waals surface area (Å²) in [6, 6.07) is 5.96. The van der Waals surface area contributed by atoms with Crippen molar-refractivity contribution in [2.45, 2.75) is 19.8 Å². The van der Waals surface area contributed by atoms with Crippen molar-refractivity contribution in [2.24, 2.45) is 10.9 Å². The number of ether oxygens (including phenoxy) is 2. The van der Waals surface area contributed by atoms with Crippen LogP contribution in [0, 0.1) is 5.92 Å². The molecule has 146 valence electrons. The molecule has 7 nitrogen and oxygen atoms in total. The van der Waals surface area contributed by atoms with Crippen molar-refractivity contribution in [1.82, 2.24) is 10.6 Å². The molecule has 0 saturated carbocycles. The number of nitrogens with one attached hydrogen (secondary N) is 2. The van der Waals surface area contributed by atoms with Crippen LogP contribution in [0.2, 0.25) is 0 Å². The summed E-state index contributed by atoms with van der Waals surface area (Å²) < 4.78 is 33.7. The molecule has 0 radical (unpaired) electrons. The van der Waals surface area contributed by atoms with E-state index >= 15 is 0 Å². The van der Waals surface area contributed by atoms with E-state index in [9.17, 15) is 8.42 Å². The molecule has 1 saturated heterocycles. The van der Waals surface area contributed by atoms with E-state index in [1.165, 1.54) is 0 Å². The van der Waals surface area contributed by atoms with Gasteiger partial charge in [-0.2, -0.15) is 0 Å². The summed E-state index contributed by atoms with van der Waals surface area (Å²) in [4.78, 5) is 4.54. The third-order valence-electron chi connectivity index (χ3n) is 4.32. The van der Waals surface area contributed by atoms with Gasteiger partial charge in [0.15, 0.2) is 27.3 Å². The van der Waals surface area contributed by atoms with E-state index in [0.717, 1.165) is 42.5 Å². The maximum absolute atomic E-state index is 11.5. The second kappa shape index (κ2) is 9.63. The van der Waals surface area contributed by atoms with E-state index in [1.54, 1.807) is 0 Å². The topological polar surface area (TPSA) is 89.0 Å². The second-order valence-electron chi connectivity index (χ2n) is 6.35. The van der Waals surface area contributed by atoms with Crippen LogP contribution >= 0.6 is 24.0 Å². The van der Waals surface area contributed by atoms with Crippen LogP contribution in [0.1, 0.15) is 18.9 Å². The number of aliphatic imine (C=N–C) groups is 1. The van der Waals surface area contributed by atoms with Gasteiger partial charge in [-0.05, 0) is 43.4 Å². The highest BCUT2D eigenvalue weighted by Crippen LogP contribution is 2.32. The lowest BCUT2D eigenvalue weighted by Gasteiger charge is -2.12. The van der Waals surface area contributed by atoms with Gasteiger partial charge in [-0.15, -0.1) is 24.0 Å². The van der Waals surface area contributed by atoms with Gasteiger partial charge in [0.2, 0.25) is 6.79 Å². The van der Waals surface area contributed by atoms with Crippen molar-refractivity contribution >= 4 is 39.8 Å². The third kappa shape index (κ3) is 5.90. The minimum absolute atomic E-state index is 0. The number of benzene rings is 1. The van der Waals surface area contributed by atoms with Gasteiger partial charge >= 0.3 is 0 Å². The third-order valence-corrected chi connectivity index (χ3v) is 6.16. The highest BCUT2D eigenvalue weighted by atomic mass is 127. The smallest absolute Gasteiger partial charge is 0.231 e. The fourth-order valence-corrected chi connectivity index (χ4v) is 4.85. The zero-order valence-corrected chi connectivity index (χ0v) is 18.0. The standard InChI is InChI=1S/C17H25N3O4S.HI/c1-2-18-17(20-10-14-6-8-25(21,22)11-14)19-7-5-13-3-4-15-16(9-13)24-12-23-15;/h3-4,9,14H,2,5-8,10-12H2,1H3,(H2,18,19,20);1H. The zero-order chi connectivity index (χ0) is 17.7. The molecular formula is C17H26IN3O4S. The van der Waals surface area contributed by atoms with Crippen LogP contribution in [0.5, 0.6) is 11.5 Å². The summed E-state index contributed by atoms with van der Waals surface area (Å²) in [5, 5.41) is 6.50. The Morgan fingerprint density at radius 2 is 2.08 bits per heavy atom. The zero-order valence-electron chi connectivity index (χ0n) is 14.9.